The number of para-hydroxylation sites is 1. The number of nitrogens with zero attached hydrogens (tertiary/aromatic N) is 2. The van der Waals surface area contributed by atoms with E-state index in [9.17, 15) is 18.0 Å². The van der Waals surface area contributed by atoms with Gasteiger partial charge in [0.1, 0.15) is 18.3 Å². The number of halogens is 2. The number of anilines is 1. The Morgan fingerprint density at radius 3 is 2.27 bits per heavy atom. The van der Waals surface area contributed by atoms with E-state index in [0.717, 1.165) is 17.1 Å². The molecule has 0 aliphatic heterocycles. The molecule has 0 aliphatic rings. The van der Waals surface area contributed by atoms with Crippen LogP contribution in [0, 0.1) is 0 Å². The molecule has 0 saturated carbocycles. The van der Waals surface area contributed by atoms with Crippen molar-refractivity contribution in [2.75, 3.05) is 24.0 Å². The van der Waals surface area contributed by atoms with Crippen LogP contribution >= 0.6 is 23.2 Å². The SMILES string of the molecule is CCCCNC(=O)[C@H](C)N(Cc1ccc(Cl)cc1Cl)C(=O)CN(c1ccccc1)S(=O)(=O)c1ccc(OCC)cc1. The summed E-state index contributed by atoms with van der Waals surface area (Å²) in [4.78, 5) is 28.3. The molecule has 8 nitrogen and oxygen atoms in total. The molecule has 3 aromatic carbocycles. The van der Waals surface area contributed by atoms with E-state index in [4.69, 9.17) is 27.9 Å². The van der Waals surface area contributed by atoms with E-state index in [1.807, 2.05) is 13.8 Å². The van der Waals surface area contributed by atoms with Crippen molar-refractivity contribution in [3.05, 3.63) is 88.4 Å². The third-order valence-corrected chi connectivity index (χ3v) is 8.77. The Labute approximate surface area is 252 Å². The smallest absolute Gasteiger partial charge is 0.264 e. The Bertz CT molecular complexity index is 1420. The van der Waals surface area contributed by atoms with Crippen LogP contribution in [0.5, 0.6) is 5.75 Å². The van der Waals surface area contributed by atoms with E-state index in [1.54, 1.807) is 67.6 Å². The second-order valence-corrected chi connectivity index (χ2v) is 12.0. The van der Waals surface area contributed by atoms with Crippen molar-refractivity contribution < 1.29 is 22.7 Å². The lowest BCUT2D eigenvalue weighted by Gasteiger charge is -2.32. The molecule has 2 amide bonds. The average molecular weight is 621 g/mol. The summed E-state index contributed by atoms with van der Waals surface area (Å²) in [5.74, 6) is -0.396. The average Bonchev–Trinajstić information content (AvgIpc) is 2.96. The van der Waals surface area contributed by atoms with Gasteiger partial charge in [-0.1, -0.05) is 60.8 Å². The van der Waals surface area contributed by atoms with Crippen LogP contribution in [0.2, 0.25) is 10.0 Å². The second-order valence-electron chi connectivity index (χ2n) is 9.33. The van der Waals surface area contributed by atoms with E-state index in [0.29, 0.717) is 40.2 Å². The van der Waals surface area contributed by atoms with Crippen LogP contribution in [0.4, 0.5) is 5.69 Å². The van der Waals surface area contributed by atoms with Gasteiger partial charge in [-0.15, -0.1) is 0 Å². The molecule has 3 rings (SSSR count). The van der Waals surface area contributed by atoms with E-state index < -0.39 is 28.5 Å². The number of carbonyl (C=O) groups excluding carboxylic acids is 2. The van der Waals surface area contributed by atoms with E-state index in [2.05, 4.69) is 5.32 Å². The third kappa shape index (κ3) is 8.61. The first-order valence-electron chi connectivity index (χ1n) is 13.4. The Balaban J connectivity index is 1.99. The zero-order valence-corrected chi connectivity index (χ0v) is 25.7. The monoisotopic (exact) mass is 619 g/mol. The summed E-state index contributed by atoms with van der Waals surface area (Å²) in [6.45, 7) is 5.79. The van der Waals surface area contributed by atoms with Crippen molar-refractivity contribution in [3.8, 4) is 5.75 Å². The number of nitrogens with one attached hydrogen (secondary N) is 1. The molecular formula is C30H35Cl2N3O5S. The lowest BCUT2D eigenvalue weighted by Crippen LogP contribution is -2.51. The second kappa shape index (κ2) is 15.1. The van der Waals surface area contributed by atoms with Crippen LogP contribution in [-0.4, -0.2) is 50.9 Å². The standard InChI is InChI=1S/C30H35Cl2N3O5S/c1-4-6-18-33-30(37)22(3)34(20-23-12-13-24(31)19-28(23)32)29(36)21-35(25-10-8-7-9-11-25)41(38,39)27-16-14-26(15-17-27)40-5-2/h7-17,19,22H,4-6,18,20-21H2,1-3H3,(H,33,37)/t22-/m0/s1. The Morgan fingerprint density at radius 2 is 1.66 bits per heavy atom. The van der Waals surface area contributed by atoms with Gasteiger partial charge < -0.3 is 15.0 Å². The van der Waals surface area contributed by atoms with Crippen molar-refractivity contribution in [3.63, 3.8) is 0 Å². The first-order chi connectivity index (χ1) is 19.6. The summed E-state index contributed by atoms with van der Waals surface area (Å²) >= 11 is 12.5. The maximum Gasteiger partial charge on any atom is 0.264 e. The lowest BCUT2D eigenvalue weighted by atomic mass is 10.1. The Morgan fingerprint density at radius 1 is 0.976 bits per heavy atom. The van der Waals surface area contributed by atoms with Crippen LogP contribution < -0.4 is 14.4 Å². The molecule has 0 spiro atoms. The highest BCUT2D eigenvalue weighted by molar-refractivity contribution is 7.92. The normalized spacial score (nSPS) is 11.9. The zero-order chi connectivity index (χ0) is 30.0. The van der Waals surface area contributed by atoms with Gasteiger partial charge in [-0.05, 0) is 74.4 Å². The minimum absolute atomic E-state index is 0.00439. The molecule has 0 unspecified atom stereocenters. The van der Waals surface area contributed by atoms with Crippen molar-refractivity contribution in [1.82, 2.24) is 10.2 Å². The van der Waals surface area contributed by atoms with Gasteiger partial charge in [-0.3, -0.25) is 13.9 Å². The quantitative estimate of drug-likeness (QED) is 0.226. The van der Waals surface area contributed by atoms with Crippen LogP contribution in [0.1, 0.15) is 39.2 Å². The van der Waals surface area contributed by atoms with Crippen molar-refractivity contribution in [2.45, 2.75) is 51.1 Å². The highest BCUT2D eigenvalue weighted by Crippen LogP contribution is 2.27. The molecule has 0 fully saturated rings. The number of hydrogen-bond acceptors (Lipinski definition) is 5. The van der Waals surface area contributed by atoms with Crippen LogP contribution in [0.15, 0.2) is 77.7 Å². The van der Waals surface area contributed by atoms with Crippen molar-refractivity contribution in [1.29, 1.82) is 0 Å². The molecule has 0 saturated heterocycles. The van der Waals surface area contributed by atoms with Gasteiger partial charge in [-0.2, -0.15) is 0 Å². The van der Waals surface area contributed by atoms with Gasteiger partial charge in [0.05, 0.1) is 17.2 Å². The molecule has 11 heteroatoms. The highest BCUT2D eigenvalue weighted by Gasteiger charge is 2.32. The lowest BCUT2D eigenvalue weighted by molar-refractivity contribution is -0.139. The number of unbranched alkanes of at least 4 members (excludes halogenated alkanes) is 1. The van der Waals surface area contributed by atoms with Gasteiger partial charge in [0, 0.05) is 23.1 Å². The Hall–Kier alpha value is -3.27. The molecule has 3 aromatic rings. The maximum absolute atomic E-state index is 14.0. The summed E-state index contributed by atoms with van der Waals surface area (Å²) in [7, 11) is -4.18. The van der Waals surface area contributed by atoms with Crippen LogP contribution in [0.25, 0.3) is 0 Å². The fourth-order valence-electron chi connectivity index (χ4n) is 4.08. The summed E-state index contributed by atoms with van der Waals surface area (Å²) in [5, 5.41) is 3.61. The fraction of sp³-hybridized carbons (Fsp3) is 0.333. The molecule has 1 N–H and O–H groups in total. The summed E-state index contributed by atoms with van der Waals surface area (Å²) < 4.78 is 34.3. The molecule has 0 aromatic heterocycles. The topological polar surface area (TPSA) is 96.0 Å². The first-order valence-corrected chi connectivity index (χ1v) is 15.6. The third-order valence-electron chi connectivity index (χ3n) is 6.40. The van der Waals surface area contributed by atoms with Crippen LogP contribution in [-0.2, 0) is 26.2 Å². The number of rotatable bonds is 14. The molecular weight excluding hydrogens is 585 g/mol. The van der Waals surface area contributed by atoms with E-state index in [1.165, 1.54) is 17.0 Å². The summed E-state index contributed by atoms with van der Waals surface area (Å²) in [5.41, 5.74) is 0.873. The van der Waals surface area contributed by atoms with Gasteiger partial charge in [0.15, 0.2) is 0 Å². The predicted molar refractivity (Wildman–Crippen MR) is 163 cm³/mol. The molecule has 1 atom stereocenters. The van der Waals surface area contributed by atoms with E-state index in [-0.39, 0.29) is 17.3 Å². The number of amides is 2. The molecule has 220 valence electrons. The molecule has 0 heterocycles. The molecule has 0 bridgehead atoms. The maximum atomic E-state index is 14.0. The molecule has 0 aliphatic carbocycles. The van der Waals surface area contributed by atoms with Crippen molar-refractivity contribution in [2.24, 2.45) is 0 Å². The van der Waals surface area contributed by atoms with Gasteiger partial charge in [0.25, 0.3) is 10.0 Å². The van der Waals surface area contributed by atoms with Crippen LogP contribution in [0.3, 0.4) is 0 Å². The predicted octanol–water partition coefficient (Wildman–Crippen LogP) is 5.92. The summed E-state index contributed by atoms with van der Waals surface area (Å²) in [6, 6.07) is 18.3. The fourth-order valence-corrected chi connectivity index (χ4v) is 5.96. The molecule has 0 radical (unpaired) electrons. The number of carbonyl (C=O) groups is 2. The Kier molecular flexibility index (Phi) is 11.9. The van der Waals surface area contributed by atoms with Gasteiger partial charge in [-0.25, -0.2) is 8.42 Å². The number of ether oxygens (including phenoxy) is 1. The van der Waals surface area contributed by atoms with E-state index >= 15 is 0 Å². The largest absolute Gasteiger partial charge is 0.494 e. The number of hydrogen-bond donors (Lipinski definition) is 1. The minimum Gasteiger partial charge on any atom is -0.494 e. The number of sulfonamides is 1. The minimum atomic E-state index is -4.18. The highest BCUT2D eigenvalue weighted by atomic mass is 35.5. The first kappa shape index (κ1) is 32.2. The summed E-state index contributed by atoms with van der Waals surface area (Å²) in [6.07, 6.45) is 1.69. The number of benzene rings is 3. The van der Waals surface area contributed by atoms with Crippen molar-refractivity contribution >= 4 is 50.7 Å². The van der Waals surface area contributed by atoms with Gasteiger partial charge in [0.2, 0.25) is 11.8 Å². The zero-order valence-electron chi connectivity index (χ0n) is 23.3. The van der Waals surface area contributed by atoms with Gasteiger partial charge >= 0.3 is 0 Å². The molecule has 41 heavy (non-hydrogen) atoms.